The summed E-state index contributed by atoms with van der Waals surface area (Å²) >= 11 is 1.54. The number of esters is 1. The molecule has 0 N–H and O–H groups in total. The van der Waals surface area contributed by atoms with E-state index in [1.807, 2.05) is 19.1 Å². The Balaban J connectivity index is 2.10. The third-order valence-electron chi connectivity index (χ3n) is 2.50. The number of methoxy groups -OCH3 is 1. The smallest absolute Gasteiger partial charge is 0.330 e. The van der Waals surface area contributed by atoms with Gasteiger partial charge in [-0.15, -0.1) is 11.3 Å². The molecular formula is C12H14O4S. The van der Waals surface area contributed by atoms with Crippen LogP contribution in [0.5, 0.6) is 0 Å². The van der Waals surface area contributed by atoms with E-state index in [0.717, 1.165) is 9.75 Å². The van der Waals surface area contributed by atoms with Crippen LogP contribution in [0, 0.1) is 0 Å². The maximum absolute atomic E-state index is 11.0. The average molecular weight is 254 g/mol. The molecule has 0 spiro atoms. The van der Waals surface area contributed by atoms with Crippen molar-refractivity contribution >= 4 is 23.4 Å². The zero-order valence-corrected chi connectivity index (χ0v) is 10.6. The monoisotopic (exact) mass is 254 g/mol. The van der Waals surface area contributed by atoms with E-state index in [-0.39, 0.29) is 5.97 Å². The molecule has 2 rings (SSSR count). The van der Waals surface area contributed by atoms with E-state index in [1.54, 1.807) is 6.08 Å². The standard InChI is InChI=1S/C12H14O4S/c1-12(15-7-8-16-12)10-5-3-9(17-10)4-6-11(13)14-2/h3-6H,7-8H2,1-2H3/b6-4+. The van der Waals surface area contributed by atoms with E-state index in [1.165, 1.54) is 24.5 Å². The summed E-state index contributed by atoms with van der Waals surface area (Å²) < 4.78 is 15.6. The van der Waals surface area contributed by atoms with E-state index in [2.05, 4.69) is 4.74 Å². The molecule has 1 aromatic rings. The summed E-state index contributed by atoms with van der Waals surface area (Å²) in [4.78, 5) is 12.9. The summed E-state index contributed by atoms with van der Waals surface area (Å²) in [5, 5.41) is 0. The fourth-order valence-corrected chi connectivity index (χ4v) is 2.53. The Morgan fingerprint density at radius 2 is 2.18 bits per heavy atom. The highest BCUT2D eigenvalue weighted by molar-refractivity contribution is 7.13. The third-order valence-corrected chi connectivity index (χ3v) is 3.73. The molecule has 17 heavy (non-hydrogen) atoms. The molecule has 2 heterocycles. The van der Waals surface area contributed by atoms with Crippen LogP contribution in [0.15, 0.2) is 18.2 Å². The molecule has 1 saturated heterocycles. The summed E-state index contributed by atoms with van der Waals surface area (Å²) in [5.41, 5.74) is 0. The second kappa shape index (κ2) is 5.00. The lowest BCUT2D eigenvalue weighted by atomic mass is 10.2. The molecule has 0 aromatic carbocycles. The van der Waals surface area contributed by atoms with Gasteiger partial charge in [0.2, 0.25) is 5.79 Å². The van der Waals surface area contributed by atoms with Crippen molar-refractivity contribution in [1.29, 1.82) is 0 Å². The van der Waals surface area contributed by atoms with Crippen molar-refractivity contribution in [2.24, 2.45) is 0 Å². The number of hydrogen-bond acceptors (Lipinski definition) is 5. The predicted octanol–water partition coefficient (Wildman–Crippen LogP) is 2.15. The van der Waals surface area contributed by atoms with Gasteiger partial charge in [0.05, 0.1) is 25.2 Å². The first-order valence-electron chi connectivity index (χ1n) is 5.28. The molecule has 0 aliphatic carbocycles. The van der Waals surface area contributed by atoms with Crippen molar-refractivity contribution in [3.63, 3.8) is 0 Å². The predicted molar refractivity (Wildman–Crippen MR) is 64.6 cm³/mol. The maximum Gasteiger partial charge on any atom is 0.330 e. The molecule has 1 aromatic heterocycles. The van der Waals surface area contributed by atoms with Gasteiger partial charge in [-0.1, -0.05) is 0 Å². The molecule has 0 atom stereocenters. The van der Waals surface area contributed by atoms with E-state index in [0.29, 0.717) is 13.2 Å². The van der Waals surface area contributed by atoms with Crippen LogP contribution in [0.3, 0.4) is 0 Å². The van der Waals surface area contributed by atoms with Crippen LogP contribution in [-0.4, -0.2) is 26.3 Å². The van der Waals surface area contributed by atoms with Crippen LogP contribution in [0.4, 0.5) is 0 Å². The maximum atomic E-state index is 11.0. The molecule has 0 unspecified atom stereocenters. The molecule has 4 nitrogen and oxygen atoms in total. The van der Waals surface area contributed by atoms with Crippen molar-refractivity contribution in [1.82, 2.24) is 0 Å². The Labute approximate surface area is 104 Å². The fourth-order valence-electron chi connectivity index (χ4n) is 1.56. The molecule has 0 bridgehead atoms. The van der Waals surface area contributed by atoms with Crippen LogP contribution in [0.25, 0.3) is 6.08 Å². The largest absolute Gasteiger partial charge is 0.466 e. The number of thiophene rings is 1. The van der Waals surface area contributed by atoms with Crippen LogP contribution < -0.4 is 0 Å². The summed E-state index contributed by atoms with van der Waals surface area (Å²) in [6.07, 6.45) is 3.12. The van der Waals surface area contributed by atoms with Gasteiger partial charge in [-0.25, -0.2) is 4.79 Å². The van der Waals surface area contributed by atoms with Gasteiger partial charge >= 0.3 is 5.97 Å². The second-order valence-electron chi connectivity index (χ2n) is 3.70. The topological polar surface area (TPSA) is 44.8 Å². The lowest BCUT2D eigenvalue weighted by molar-refractivity contribution is -0.146. The highest BCUT2D eigenvalue weighted by Gasteiger charge is 2.34. The fraction of sp³-hybridized carbons (Fsp3) is 0.417. The highest BCUT2D eigenvalue weighted by Crippen LogP contribution is 2.35. The molecule has 1 aliphatic heterocycles. The summed E-state index contributed by atoms with van der Waals surface area (Å²) in [7, 11) is 1.35. The van der Waals surface area contributed by atoms with Crippen LogP contribution in [-0.2, 0) is 24.8 Å². The average Bonchev–Trinajstić information content (AvgIpc) is 2.95. The molecule has 0 radical (unpaired) electrons. The van der Waals surface area contributed by atoms with E-state index >= 15 is 0 Å². The minimum absolute atomic E-state index is 0.362. The lowest BCUT2D eigenvalue weighted by Crippen LogP contribution is -2.20. The molecule has 92 valence electrons. The van der Waals surface area contributed by atoms with Crippen molar-refractivity contribution in [2.75, 3.05) is 20.3 Å². The van der Waals surface area contributed by atoms with E-state index < -0.39 is 5.79 Å². The number of hydrogen-bond donors (Lipinski definition) is 0. The number of carbonyl (C=O) groups is 1. The molecular weight excluding hydrogens is 240 g/mol. The Hall–Kier alpha value is -1.17. The number of rotatable bonds is 3. The van der Waals surface area contributed by atoms with Crippen LogP contribution in [0.1, 0.15) is 16.7 Å². The molecule has 5 heteroatoms. The van der Waals surface area contributed by atoms with Gasteiger partial charge in [-0.2, -0.15) is 0 Å². The third kappa shape index (κ3) is 2.74. The quantitative estimate of drug-likeness (QED) is 0.612. The Morgan fingerprint density at radius 3 is 2.82 bits per heavy atom. The van der Waals surface area contributed by atoms with Gasteiger partial charge in [0.1, 0.15) is 0 Å². The molecule has 1 aliphatic rings. The zero-order chi connectivity index (χ0) is 12.3. The van der Waals surface area contributed by atoms with Crippen LogP contribution >= 0.6 is 11.3 Å². The molecule has 1 fully saturated rings. The number of ether oxygens (including phenoxy) is 3. The van der Waals surface area contributed by atoms with Gasteiger partial charge in [0, 0.05) is 11.0 Å². The van der Waals surface area contributed by atoms with Crippen molar-refractivity contribution in [3.05, 3.63) is 28.0 Å². The Morgan fingerprint density at radius 1 is 1.47 bits per heavy atom. The molecule has 0 amide bonds. The zero-order valence-electron chi connectivity index (χ0n) is 9.76. The van der Waals surface area contributed by atoms with Crippen molar-refractivity contribution in [2.45, 2.75) is 12.7 Å². The van der Waals surface area contributed by atoms with Gasteiger partial charge in [0.15, 0.2) is 0 Å². The first-order chi connectivity index (χ1) is 8.14. The summed E-state index contributed by atoms with van der Waals surface area (Å²) in [6.45, 7) is 3.13. The minimum atomic E-state index is -0.637. The summed E-state index contributed by atoms with van der Waals surface area (Å²) in [6, 6.07) is 3.88. The Kier molecular flexibility index (Phi) is 3.61. The highest BCUT2D eigenvalue weighted by atomic mass is 32.1. The first kappa shape index (κ1) is 12.3. The SMILES string of the molecule is COC(=O)/C=C/c1ccc(C2(C)OCCO2)s1. The normalized spacial score (nSPS) is 18.7. The van der Waals surface area contributed by atoms with E-state index in [4.69, 9.17) is 9.47 Å². The van der Waals surface area contributed by atoms with E-state index in [9.17, 15) is 4.79 Å². The van der Waals surface area contributed by atoms with Crippen molar-refractivity contribution in [3.8, 4) is 0 Å². The van der Waals surface area contributed by atoms with Crippen molar-refractivity contribution < 1.29 is 19.0 Å². The summed E-state index contributed by atoms with van der Waals surface area (Å²) in [5.74, 6) is -0.998. The van der Waals surface area contributed by atoms with Gasteiger partial charge in [0.25, 0.3) is 0 Å². The minimum Gasteiger partial charge on any atom is -0.466 e. The van der Waals surface area contributed by atoms with Gasteiger partial charge in [-0.3, -0.25) is 0 Å². The molecule has 0 saturated carbocycles. The van der Waals surface area contributed by atoms with Gasteiger partial charge in [-0.05, 0) is 25.1 Å². The van der Waals surface area contributed by atoms with Crippen LogP contribution in [0.2, 0.25) is 0 Å². The van der Waals surface area contributed by atoms with Gasteiger partial charge < -0.3 is 14.2 Å². The number of carbonyl (C=O) groups excluding carboxylic acids is 1. The first-order valence-corrected chi connectivity index (χ1v) is 6.10. The second-order valence-corrected chi connectivity index (χ2v) is 4.82. The lowest BCUT2D eigenvalue weighted by Gasteiger charge is -2.20. The Bertz CT molecular complexity index is 429.